The highest BCUT2D eigenvalue weighted by molar-refractivity contribution is 7.80. The van der Waals surface area contributed by atoms with Crippen LogP contribution in [-0.2, 0) is 14.3 Å². The SMILES string of the molecule is CC(C)N(C(=O)C(CS)NC(=O)OC(C)(C)C)C(C(=O)NC1CCCCC1)c1ccccc1. The molecule has 184 valence electrons. The zero-order chi connectivity index (χ0) is 24.6. The minimum Gasteiger partial charge on any atom is -0.444 e. The lowest BCUT2D eigenvalue weighted by molar-refractivity contribution is -0.144. The molecule has 1 saturated carbocycles. The standard InChI is InChI=1S/C25H39N3O4S/c1-17(2)28(23(30)20(16-33)27-24(31)32-25(3,4)5)21(18-12-8-6-9-13-18)22(29)26-19-14-10-7-11-15-19/h6,8-9,12-13,17,19-21,33H,7,10-11,14-16H2,1-5H3,(H,26,29)(H,27,31). The van der Waals surface area contributed by atoms with E-state index < -0.39 is 23.8 Å². The molecule has 1 aliphatic carbocycles. The zero-order valence-corrected chi connectivity index (χ0v) is 21.4. The van der Waals surface area contributed by atoms with E-state index in [2.05, 4.69) is 23.3 Å². The number of thiol groups is 1. The topological polar surface area (TPSA) is 87.7 Å². The molecule has 2 atom stereocenters. The van der Waals surface area contributed by atoms with Crippen molar-refractivity contribution < 1.29 is 19.1 Å². The molecule has 0 aromatic heterocycles. The molecule has 1 fully saturated rings. The summed E-state index contributed by atoms with van der Waals surface area (Å²) in [6, 6.07) is 7.37. The molecule has 0 saturated heterocycles. The van der Waals surface area contributed by atoms with Crippen LogP contribution in [0, 0.1) is 0 Å². The third-order valence-electron chi connectivity index (χ3n) is 5.58. The summed E-state index contributed by atoms with van der Waals surface area (Å²) < 4.78 is 5.32. The summed E-state index contributed by atoms with van der Waals surface area (Å²) in [4.78, 5) is 41.1. The third kappa shape index (κ3) is 8.25. The van der Waals surface area contributed by atoms with Gasteiger partial charge in [-0.05, 0) is 53.0 Å². The Bertz CT molecular complexity index is 789. The summed E-state index contributed by atoms with van der Waals surface area (Å²) in [6.45, 7) is 9.00. The van der Waals surface area contributed by atoms with E-state index in [4.69, 9.17) is 4.74 Å². The Morgan fingerprint density at radius 2 is 1.70 bits per heavy atom. The quantitative estimate of drug-likeness (QED) is 0.489. The van der Waals surface area contributed by atoms with Gasteiger partial charge in [-0.1, -0.05) is 49.6 Å². The maximum Gasteiger partial charge on any atom is 0.408 e. The molecule has 0 spiro atoms. The Balaban J connectivity index is 2.32. The van der Waals surface area contributed by atoms with Crippen molar-refractivity contribution in [3.63, 3.8) is 0 Å². The lowest BCUT2D eigenvalue weighted by atomic mass is 9.94. The summed E-state index contributed by atoms with van der Waals surface area (Å²) in [5, 5.41) is 5.80. The van der Waals surface area contributed by atoms with E-state index in [1.165, 1.54) is 6.42 Å². The van der Waals surface area contributed by atoms with Crippen LogP contribution in [0.3, 0.4) is 0 Å². The molecule has 0 bridgehead atoms. The van der Waals surface area contributed by atoms with E-state index in [1.807, 2.05) is 44.2 Å². The largest absolute Gasteiger partial charge is 0.444 e. The van der Waals surface area contributed by atoms with Gasteiger partial charge in [0, 0.05) is 17.8 Å². The van der Waals surface area contributed by atoms with Gasteiger partial charge in [0.1, 0.15) is 17.7 Å². The second kappa shape index (κ2) is 12.3. The maximum atomic E-state index is 13.7. The first-order valence-electron chi connectivity index (χ1n) is 11.8. The number of ether oxygens (including phenoxy) is 1. The summed E-state index contributed by atoms with van der Waals surface area (Å²) in [7, 11) is 0. The molecule has 33 heavy (non-hydrogen) atoms. The maximum absolute atomic E-state index is 13.7. The van der Waals surface area contributed by atoms with Gasteiger partial charge >= 0.3 is 6.09 Å². The number of benzene rings is 1. The van der Waals surface area contributed by atoms with Crippen LogP contribution in [0.5, 0.6) is 0 Å². The van der Waals surface area contributed by atoms with Gasteiger partial charge < -0.3 is 20.3 Å². The summed E-state index contributed by atoms with van der Waals surface area (Å²) in [6.07, 6.45) is 4.57. The normalized spacial score (nSPS) is 16.6. The van der Waals surface area contributed by atoms with E-state index in [-0.39, 0.29) is 29.7 Å². The fourth-order valence-corrected chi connectivity index (χ4v) is 4.34. The van der Waals surface area contributed by atoms with Gasteiger partial charge in [0.25, 0.3) is 0 Å². The minimum atomic E-state index is -0.931. The Morgan fingerprint density at radius 3 is 2.21 bits per heavy atom. The molecule has 1 aromatic carbocycles. The number of hydrogen-bond donors (Lipinski definition) is 3. The van der Waals surface area contributed by atoms with Crippen molar-refractivity contribution in [1.82, 2.24) is 15.5 Å². The second-order valence-electron chi connectivity index (χ2n) is 9.88. The van der Waals surface area contributed by atoms with Gasteiger partial charge in [-0.15, -0.1) is 0 Å². The van der Waals surface area contributed by atoms with E-state index in [0.29, 0.717) is 0 Å². The highest BCUT2D eigenvalue weighted by Gasteiger charge is 2.38. The first-order valence-corrected chi connectivity index (χ1v) is 12.4. The minimum absolute atomic E-state index is 0.0764. The smallest absolute Gasteiger partial charge is 0.408 e. The average Bonchev–Trinajstić information content (AvgIpc) is 2.75. The van der Waals surface area contributed by atoms with Crippen LogP contribution in [0.25, 0.3) is 0 Å². The molecule has 7 nitrogen and oxygen atoms in total. The molecule has 8 heteroatoms. The van der Waals surface area contributed by atoms with Crippen LogP contribution in [0.1, 0.15) is 78.3 Å². The number of hydrogen-bond acceptors (Lipinski definition) is 5. The number of alkyl carbamates (subject to hydrolysis) is 1. The van der Waals surface area contributed by atoms with E-state index in [9.17, 15) is 14.4 Å². The van der Waals surface area contributed by atoms with Crippen molar-refractivity contribution in [2.75, 3.05) is 5.75 Å². The van der Waals surface area contributed by atoms with Crippen LogP contribution < -0.4 is 10.6 Å². The van der Waals surface area contributed by atoms with Crippen molar-refractivity contribution in [2.45, 2.75) is 96.5 Å². The van der Waals surface area contributed by atoms with Gasteiger partial charge in [-0.2, -0.15) is 12.6 Å². The van der Waals surface area contributed by atoms with Crippen LogP contribution in [0.4, 0.5) is 4.79 Å². The molecule has 3 amide bonds. The van der Waals surface area contributed by atoms with Crippen LogP contribution >= 0.6 is 12.6 Å². The molecular formula is C25H39N3O4S. The van der Waals surface area contributed by atoms with E-state index in [0.717, 1.165) is 31.2 Å². The predicted molar refractivity (Wildman–Crippen MR) is 133 cm³/mol. The number of nitrogens with one attached hydrogen (secondary N) is 2. The molecular weight excluding hydrogens is 438 g/mol. The lowest BCUT2D eigenvalue weighted by Crippen LogP contribution is -2.56. The number of carbonyl (C=O) groups is 3. The first-order chi connectivity index (χ1) is 15.5. The predicted octanol–water partition coefficient (Wildman–Crippen LogP) is 4.24. The summed E-state index contributed by atoms with van der Waals surface area (Å²) >= 11 is 4.30. The van der Waals surface area contributed by atoms with Crippen LogP contribution in [0.2, 0.25) is 0 Å². The van der Waals surface area contributed by atoms with Crippen LogP contribution in [-0.4, -0.2) is 52.3 Å². The number of amides is 3. The van der Waals surface area contributed by atoms with Crippen molar-refractivity contribution >= 4 is 30.5 Å². The van der Waals surface area contributed by atoms with Gasteiger partial charge in [-0.3, -0.25) is 9.59 Å². The Labute approximate surface area is 203 Å². The lowest BCUT2D eigenvalue weighted by Gasteiger charge is -2.38. The number of carbonyl (C=O) groups excluding carboxylic acids is 3. The van der Waals surface area contributed by atoms with Gasteiger partial charge in [0.2, 0.25) is 11.8 Å². The monoisotopic (exact) mass is 477 g/mol. The molecule has 2 unspecified atom stereocenters. The van der Waals surface area contributed by atoms with Crippen molar-refractivity contribution in [3.05, 3.63) is 35.9 Å². The molecule has 1 aliphatic rings. The Kier molecular flexibility index (Phi) is 10.1. The first kappa shape index (κ1) is 27.0. The van der Waals surface area contributed by atoms with Crippen molar-refractivity contribution in [2.24, 2.45) is 0 Å². The zero-order valence-electron chi connectivity index (χ0n) is 20.5. The van der Waals surface area contributed by atoms with E-state index in [1.54, 1.807) is 25.7 Å². The Hall–Kier alpha value is -2.22. The van der Waals surface area contributed by atoms with Gasteiger partial charge in [0.05, 0.1) is 0 Å². The van der Waals surface area contributed by atoms with Crippen molar-refractivity contribution in [3.8, 4) is 0 Å². The van der Waals surface area contributed by atoms with Gasteiger partial charge in [0.15, 0.2) is 0 Å². The number of nitrogens with zero attached hydrogens (tertiary/aromatic N) is 1. The Morgan fingerprint density at radius 1 is 1.09 bits per heavy atom. The summed E-state index contributed by atoms with van der Waals surface area (Å²) in [5.41, 5.74) is 0.0291. The molecule has 2 N–H and O–H groups in total. The molecule has 0 aliphatic heterocycles. The summed E-state index contributed by atoms with van der Waals surface area (Å²) in [5.74, 6) is -0.503. The molecule has 0 heterocycles. The molecule has 1 aromatic rings. The molecule has 2 rings (SSSR count). The molecule has 0 radical (unpaired) electrons. The second-order valence-corrected chi connectivity index (χ2v) is 10.2. The third-order valence-corrected chi connectivity index (χ3v) is 5.94. The average molecular weight is 478 g/mol. The van der Waals surface area contributed by atoms with E-state index >= 15 is 0 Å². The fraction of sp³-hybridized carbons (Fsp3) is 0.640. The highest BCUT2D eigenvalue weighted by Crippen LogP contribution is 2.26. The van der Waals surface area contributed by atoms with Crippen LogP contribution in [0.15, 0.2) is 30.3 Å². The fourth-order valence-electron chi connectivity index (χ4n) is 4.10. The number of rotatable bonds is 8. The highest BCUT2D eigenvalue weighted by atomic mass is 32.1. The van der Waals surface area contributed by atoms with Gasteiger partial charge in [-0.25, -0.2) is 4.79 Å². The van der Waals surface area contributed by atoms with Crippen molar-refractivity contribution in [1.29, 1.82) is 0 Å².